The first-order valence-electron chi connectivity index (χ1n) is 9.16. The molecule has 0 radical (unpaired) electrons. The van der Waals surface area contributed by atoms with Crippen molar-refractivity contribution in [2.24, 2.45) is 5.10 Å². The first-order valence-corrected chi connectivity index (χ1v) is 10.3. The average Bonchev–Trinajstić information content (AvgIpc) is 3.16. The summed E-state index contributed by atoms with van der Waals surface area (Å²) in [4.78, 5) is 12.8. The summed E-state index contributed by atoms with van der Waals surface area (Å²) in [6.07, 6.45) is 2.73. The van der Waals surface area contributed by atoms with Crippen molar-refractivity contribution in [3.8, 4) is 0 Å². The number of hydrogen-bond donors (Lipinski definition) is 1. The smallest absolute Gasteiger partial charge is 0.267 e. The molecule has 0 bridgehead atoms. The molecule has 1 amide bonds. The fourth-order valence-corrected chi connectivity index (χ4v) is 4.62. The lowest BCUT2D eigenvalue weighted by molar-refractivity contribution is -0.115. The molecule has 1 unspecified atom stereocenters. The average molecular weight is 366 g/mol. The lowest BCUT2D eigenvalue weighted by atomic mass is 10.0. The van der Waals surface area contributed by atoms with Crippen molar-refractivity contribution in [2.75, 3.05) is 16.5 Å². The molecule has 1 atom stereocenters. The van der Waals surface area contributed by atoms with E-state index in [-0.39, 0.29) is 18.0 Å². The molecular formula is C21H23N3OS. The molecule has 1 fully saturated rings. The van der Waals surface area contributed by atoms with Gasteiger partial charge in [-0.3, -0.25) is 9.80 Å². The largest absolute Gasteiger partial charge is 0.348 e. The van der Waals surface area contributed by atoms with Gasteiger partial charge < -0.3 is 5.32 Å². The van der Waals surface area contributed by atoms with Crippen molar-refractivity contribution in [3.63, 3.8) is 0 Å². The van der Waals surface area contributed by atoms with Gasteiger partial charge in [0.15, 0.2) is 0 Å². The monoisotopic (exact) mass is 365 g/mol. The maximum atomic E-state index is 12.8. The van der Waals surface area contributed by atoms with Crippen molar-refractivity contribution in [1.82, 2.24) is 5.32 Å². The van der Waals surface area contributed by atoms with E-state index in [0.717, 1.165) is 30.0 Å². The number of amides is 1. The molecule has 134 valence electrons. The van der Waals surface area contributed by atoms with E-state index in [2.05, 4.69) is 17.4 Å². The summed E-state index contributed by atoms with van der Waals surface area (Å²) in [5.74, 6) is 2.24. The predicted octanol–water partition coefficient (Wildman–Crippen LogP) is 4.01. The summed E-state index contributed by atoms with van der Waals surface area (Å²) < 4.78 is 0. The van der Waals surface area contributed by atoms with E-state index in [9.17, 15) is 4.79 Å². The van der Waals surface area contributed by atoms with E-state index in [1.165, 1.54) is 5.56 Å². The zero-order chi connectivity index (χ0) is 17.8. The fraction of sp³-hybridized carbons (Fsp3) is 0.333. The summed E-state index contributed by atoms with van der Waals surface area (Å²) >= 11 is 1.96. The van der Waals surface area contributed by atoms with Crippen LogP contribution in [0.1, 0.15) is 30.9 Å². The first-order chi connectivity index (χ1) is 12.8. The number of para-hydroxylation sites is 1. The third-order valence-corrected chi connectivity index (χ3v) is 5.98. The number of nitrogens with zero attached hydrogens (tertiary/aromatic N) is 2. The summed E-state index contributed by atoms with van der Waals surface area (Å²) in [7, 11) is 0. The third-order valence-electron chi connectivity index (χ3n) is 4.93. The van der Waals surface area contributed by atoms with Gasteiger partial charge in [-0.1, -0.05) is 48.5 Å². The summed E-state index contributed by atoms with van der Waals surface area (Å²) in [5, 5.41) is 9.90. The number of anilines is 1. The van der Waals surface area contributed by atoms with Crippen LogP contribution < -0.4 is 10.3 Å². The zero-order valence-corrected chi connectivity index (χ0v) is 15.5. The van der Waals surface area contributed by atoms with Crippen LogP contribution in [-0.2, 0) is 4.79 Å². The third kappa shape index (κ3) is 3.78. The van der Waals surface area contributed by atoms with Gasteiger partial charge in [-0.05, 0) is 42.0 Å². The summed E-state index contributed by atoms with van der Waals surface area (Å²) in [6, 6.07) is 20.7. The predicted molar refractivity (Wildman–Crippen MR) is 109 cm³/mol. The highest BCUT2D eigenvalue weighted by atomic mass is 32.2. The minimum absolute atomic E-state index is 0.0127. The quantitative estimate of drug-likeness (QED) is 0.890. The number of hydrogen-bond acceptors (Lipinski definition) is 4. The van der Waals surface area contributed by atoms with Crippen molar-refractivity contribution in [1.29, 1.82) is 0 Å². The molecule has 2 aliphatic rings. The minimum atomic E-state index is -0.0127. The molecule has 2 aromatic rings. The number of rotatable bonds is 4. The van der Waals surface area contributed by atoms with Gasteiger partial charge in [0.25, 0.3) is 5.91 Å². The molecule has 0 aliphatic carbocycles. The van der Waals surface area contributed by atoms with Gasteiger partial charge in [0.05, 0.1) is 11.7 Å². The van der Waals surface area contributed by atoms with E-state index in [1.807, 2.05) is 65.3 Å². The highest BCUT2D eigenvalue weighted by molar-refractivity contribution is 7.99. The second-order valence-corrected chi connectivity index (χ2v) is 7.94. The van der Waals surface area contributed by atoms with Crippen LogP contribution in [0.3, 0.4) is 0 Å². The van der Waals surface area contributed by atoms with Crippen molar-refractivity contribution < 1.29 is 4.79 Å². The molecule has 2 heterocycles. The SMILES string of the molecule is O=C(NC1CCSCC1)C1=NN(c2ccccc2)C(c2ccccc2)C1. The number of nitrogens with one attached hydrogen (secondary N) is 1. The molecule has 0 saturated carbocycles. The highest BCUT2D eigenvalue weighted by Crippen LogP contribution is 2.35. The standard InChI is InChI=1S/C21H23N3OS/c25-21(22-17-11-13-26-14-12-17)19-15-20(16-7-3-1-4-8-16)24(23-19)18-9-5-2-6-10-18/h1-10,17,20H,11-15H2,(H,22,25). The van der Waals surface area contributed by atoms with E-state index in [1.54, 1.807) is 0 Å². The van der Waals surface area contributed by atoms with Gasteiger partial charge in [0, 0.05) is 12.5 Å². The topological polar surface area (TPSA) is 44.7 Å². The second-order valence-electron chi connectivity index (χ2n) is 6.72. The molecule has 26 heavy (non-hydrogen) atoms. The van der Waals surface area contributed by atoms with E-state index in [0.29, 0.717) is 12.1 Å². The Balaban J connectivity index is 1.56. The molecule has 1 saturated heterocycles. The fourth-order valence-electron chi connectivity index (χ4n) is 3.51. The molecule has 4 nitrogen and oxygen atoms in total. The minimum Gasteiger partial charge on any atom is -0.348 e. The van der Waals surface area contributed by atoms with Gasteiger partial charge in [-0.15, -0.1) is 0 Å². The van der Waals surface area contributed by atoms with E-state index in [4.69, 9.17) is 5.10 Å². The molecule has 5 heteroatoms. The molecule has 2 aromatic carbocycles. The summed E-state index contributed by atoms with van der Waals surface area (Å²) in [6.45, 7) is 0. The lowest BCUT2D eigenvalue weighted by Crippen LogP contribution is -2.40. The number of benzene rings is 2. The Morgan fingerprint density at radius 2 is 1.65 bits per heavy atom. The van der Waals surface area contributed by atoms with Crippen LogP contribution in [0.4, 0.5) is 5.69 Å². The Labute approximate surface area is 158 Å². The van der Waals surface area contributed by atoms with Gasteiger partial charge >= 0.3 is 0 Å². The van der Waals surface area contributed by atoms with Crippen LogP contribution in [0.2, 0.25) is 0 Å². The Bertz CT molecular complexity index is 772. The second kappa shape index (κ2) is 7.96. The number of hydrazone groups is 1. The molecule has 0 aromatic heterocycles. The maximum Gasteiger partial charge on any atom is 0.267 e. The van der Waals surface area contributed by atoms with Crippen LogP contribution in [0.25, 0.3) is 0 Å². The van der Waals surface area contributed by atoms with Crippen LogP contribution in [-0.4, -0.2) is 29.2 Å². The van der Waals surface area contributed by atoms with Crippen molar-refractivity contribution >= 4 is 29.1 Å². The molecule has 4 rings (SSSR count). The van der Waals surface area contributed by atoms with Gasteiger partial charge in [0.2, 0.25) is 0 Å². The van der Waals surface area contributed by atoms with Gasteiger partial charge in [-0.2, -0.15) is 16.9 Å². The number of carbonyl (C=O) groups is 1. The van der Waals surface area contributed by atoms with Crippen molar-refractivity contribution in [3.05, 3.63) is 66.2 Å². The number of carbonyl (C=O) groups excluding carboxylic acids is 1. The lowest BCUT2D eigenvalue weighted by Gasteiger charge is -2.23. The van der Waals surface area contributed by atoms with Crippen LogP contribution in [0, 0.1) is 0 Å². The van der Waals surface area contributed by atoms with Crippen LogP contribution in [0.5, 0.6) is 0 Å². The van der Waals surface area contributed by atoms with Gasteiger partial charge in [0.1, 0.15) is 5.71 Å². The molecular weight excluding hydrogens is 342 g/mol. The summed E-state index contributed by atoms with van der Waals surface area (Å²) in [5.41, 5.74) is 2.82. The Morgan fingerprint density at radius 1 is 1.00 bits per heavy atom. The van der Waals surface area contributed by atoms with Crippen LogP contribution >= 0.6 is 11.8 Å². The molecule has 2 aliphatic heterocycles. The molecule has 1 N–H and O–H groups in total. The van der Waals surface area contributed by atoms with E-state index >= 15 is 0 Å². The zero-order valence-electron chi connectivity index (χ0n) is 14.7. The first kappa shape index (κ1) is 17.2. The van der Waals surface area contributed by atoms with E-state index < -0.39 is 0 Å². The number of thioether (sulfide) groups is 1. The Morgan fingerprint density at radius 3 is 2.35 bits per heavy atom. The van der Waals surface area contributed by atoms with Gasteiger partial charge in [-0.25, -0.2) is 0 Å². The Kier molecular flexibility index (Phi) is 5.25. The highest BCUT2D eigenvalue weighted by Gasteiger charge is 2.33. The van der Waals surface area contributed by atoms with Crippen LogP contribution in [0.15, 0.2) is 65.8 Å². The Hall–Kier alpha value is -2.27. The maximum absolute atomic E-state index is 12.8. The van der Waals surface area contributed by atoms with Crippen molar-refractivity contribution in [2.45, 2.75) is 31.3 Å². The molecule has 0 spiro atoms. The normalized spacial score (nSPS) is 20.7.